The zero-order valence-corrected chi connectivity index (χ0v) is 15.2. The highest BCUT2D eigenvalue weighted by Gasteiger charge is 2.07. The number of halogens is 1. The number of rotatable bonds is 6. The molecule has 0 unspecified atom stereocenters. The molecule has 2 amide bonds. The number of hydrogen-bond donors (Lipinski definition) is 2. The highest BCUT2D eigenvalue weighted by Crippen LogP contribution is 2.17. The molecule has 2 N–H and O–H groups in total. The van der Waals surface area contributed by atoms with E-state index >= 15 is 0 Å². The topological polar surface area (TPSA) is 67.4 Å². The van der Waals surface area contributed by atoms with Crippen LogP contribution in [-0.4, -0.2) is 18.4 Å². The van der Waals surface area contributed by atoms with E-state index in [0.29, 0.717) is 28.3 Å². The molecule has 3 aromatic rings. The van der Waals surface area contributed by atoms with E-state index in [1.807, 2.05) is 6.07 Å². The van der Waals surface area contributed by atoms with Gasteiger partial charge in [0.1, 0.15) is 11.6 Å². The fraction of sp³-hybridized carbons (Fsp3) is 0.0909. The van der Waals surface area contributed by atoms with E-state index < -0.39 is 5.91 Å². The second-order valence-corrected chi connectivity index (χ2v) is 6.15. The van der Waals surface area contributed by atoms with Crippen LogP contribution in [0.2, 0.25) is 0 Å². The Bertz CT molecular complexity index is 973. The molecular formula is C22H19FN2O3. The Morgan fingerprint density at radius 1 is 0.893 bits per heavy atom. The van der Waals surface area contributed by atoms with Crippen molar-refractivity contribution in [3.63, 3.8) is 0 Å². The van der Waals surface area contributed by atoms with Crippen molar-refractivity contribution in [2.24, 2.45) is 0 Å². The summed E-state index contributed by atoms with van der Waals surface area (Å²) in [7, 11) is 0. The fourth-order valence-electron chi connectivity index (χ4n) is 2.44. The van der Waals surface area contributed by atoms with Gasteiger partial charge >= 0.3 is 0 Å². The Balaban J connectivity index is 1.50. The zero-order chi connectivity index (χ0) is 19.9. The standard InChI is InChI=1S/C22H19FN2O3/c1-15-7-8-18(13-20(15)23)24-21(26)14-28-19-11-9-17(10-12-19)25-22(27)16-5-3-2-4-6-16/h2-13H,14H2,1H3,(H,24,26)(H,25,27). The summed E-state index contributed by atoms with van der Waals surface area (Å²) in [5.74, 6) is -0.515. The van der Waals surface area contributed by atoms with Gasteiger partial charge in [-0.15, -0.1) is 0 Å². The van der Waals surface area contributed by atoms with Crippen molar-refractivity contribution in [3.8, 4) is 5.75 Å². The SMILES string of the molecule is Cc1ccc(NC(=O)COc2ccc(NC(=O)c3ccccc3)cc2)cc1F. The Morgan fingerprint density at radius 3 is 2.25 bits per heavy atom. The van der Waals surface area contributed by atoms with E-state index in [-0.39, 0.29) is 18.3 Å². The van der Waals surface area contributed by atoms with E-state index in [1.54, 1.807) is 67.6 Å². The molecule has 3 rings (SSSR count). The summed E-state index contributed by atoms with van der Waals surface area (Å²) in [5.41, 5.74) is 2.05. The van der Waals surface area contributed by atoms with Crippen molar-refractivity contribution in [2.45, 2.75) is 6.92 Å². The first-order valence-electron chi connectivity index (χ1n) is 8.66. The van der Waals surface area contributed by atoms with Crippen LogP contribution in [0.5, 0.6) is 5.75 Å². The van der Waals surface area contributed by atoms with Crippen LogP contribution in [0.1, 0.15) is 15.9 Å². The normalized spacial score (nSPS) is 10.2. The van der Waals surface area contributed by atoms with Gasteiger partial charge in [-0.25, -0.2) is 4.39 Å². The summed E-state index contributed by atoms with van der Waals surface area (Å²) >= 11 is 0. The van der Waals surface area contributed by atoms with Gasteiger partial charge in [-0.1, -0.05) is 24.3 Å². The molecule has 28 heavy (non-hydrogen) atoms. The molecule has 0 aromatic heterocycles. The molecule has 0 heterocycles. The van der Waals surface area contributed by atoms with E-state index in [0.717, 1.165) is 0 Å². The van der Waals surface area contributed by atoms with Crippen molar-refractivity contribution in [1.29, 1.82) is 0 Å². The molecule has 0 saturated heterocycles. The van der Waals surface area contributed by atoms with Crippen LogP contribution in [0.25, 0.3) is 0 Å². The van der Waals surface area contributed by atoms with Gasteiger partial charge in [0.15, 0.2) is 6.61 Å². The summed E-state index contributed by atoms with van der Waals surface area (Å²) in [6.07, 6.45) is 0. The number of ether oxygens (including phenoxy) is 1. The molecule has 0 aliphatic rings. The molecule has 0 radical (unpaired) electrons. The second-order valence-electron chi connectivity index (χ2n) is 6.15. The maximum atomic E-state index is 13.5. The quantitative estimate of drug-likeness (QED) is 0.668. The Kier molecular flexibility index (Phi) is 6.01. The highest BCUT2D eigenvalue weighted by atomic mass is 19.1. The van der Waals surface area contributed by atoms with Gasteiger partial charge in [0.25, 0.3) is 11.8 Å². The van der Waals surface area contributed by atoms with E-state index in [9.17, 15) is 14.0 Å². The third-order valence-corrected chi connectivity index (χ3v) is 3.97. The van der Waals surface area contributed by atoms with E-state index in [1.165, 1.54) is 6.07 Å². The van der Waals surface area contributed by atoms with Gasteiger partial charge in [-0.2, -0.15) is 0 Å². The number of benzene rings is 3. The predicted octanol–water partition coefficient (Wildman–Crippen LogP) is 4.40. The Hall–Kier alpha value is -3.67. The van der Waals surface area contributed by atoms with Crippen molar-refractivity contribution < 1.29 is 18.7 Å². The van der Waals surface area contributed by atoms with Gasteiger partial charge in [0, 0.05) is 16.9 Å². The third kappa shape index (κ3) is 5.17. The lowest BCUT2D eigenvalue weighted by atomic mass is 10.2. The average Bonchev–Trinajstić information content (AvgIpc) is 2.71. The number of aryl methyl sites for hydroxylation is 1. The maximum absolute atomic E-state index is 13.5. The summed E-state index contributed by atoms with van der Waals surface area (Å²) in [6.45, 7) is 1.43. The molecule has 142 valence electrons. The van der Waals surface area contributed by atoms with Gasteiger partial charge in [0.2, 0.25) is 0 Å². The molecular weight excluding hydrogens is 359 g/mol. The second kappa shape index (κ2) is 8.81. The lowest BCUT2D eigenvalue weighted by Gasteiger charge is -2.09. The number of carbonyl (C=O) groups is 2. The Morgan fingerprint density at radius 2 is 1.57 bits per heavy atom. The molecule has 3 aromatic carbocycles. The summed E-state index contributed by atoms with van der Waals surface area (Å²) in [5, 5.41) is 5.36. The van der Waals surface area contributed by atoms with Crippen LogP contribution < -0.4 is 15.4 Å². The molecule has 0 fully saturated rings. The number of nitrogens with one attached hydrogen (secondary N) is 2. The summed E-state index contributed by atoms with van der Waals surface area (Å²) in [4.78, 5) is 24.0. The van der Waals surface area contributed by atoms with Crippen LogP contribution in [0.3, 0.4) is 0 Å². The zero-order valence-electron chi connectivity index (χ0n) is 15.2. The minimum atomic E-state index is -0.398. The summed E-state index contributed by atoms with van der Waals surface area (Å²) in [6, 6.07) is 20.0. The minimum Gasteiger partial charge on any atom is -0.484 e. The molecule has 0 bridgehead atoms. The molecule has 0 aliphatic carbocycles. The van der Waals surface area contributed by atoms with Crippen LogP contribution in [0.15, 0.2) is 72.8 Å². The molecule has 0 spiro atoms. The van der Waals surface area contributed by atoms with Crippen molar-refractivity contribution >= 4 is 23.2 Å². The number of amides is 2. The molecule has 6 heteroatoms. The predicted molar refractivity (Wildman–Crippen MR) is 106 cm³/mol. The maximum Gasteiger partial charge on any atom is 0.262 e. The molecule has 5 nitrogen and oxygen atoms in total. The van der Waals surface area contributed by atoms with Crippen LogP contribution in [0, 0.1) is 12.7 Å². The van der Waals surface area contributed by atoms with Crippen LogP contribution in [0.4, 0.5) is 15.8 Å². The lowest BCUT2D eigenvalue weighted by Crippen LogP contribution is -2.20. The van der Waals surface area contributed by atoms with Crippen molar-refractivity contribution in [2.75, 3.05) is 17.2 Å². The van der Waals surface area contributed by atoms with E-state index in [4.69, 9.17) is 4.74 Å². The molecule has 0 saturated carbocycles. The first-order valence-corrected chi connectivity index (χ1v) is 8.66. The van der Waals surface area contributed by atoms with Gasteiger partial charge in [-0.3, -0.25) is 9.59 Å². The van der Waals surface area contributed by atoms with Crippen LogP contribution in [-0.2, 0) is 4.79 Å². The monoisotopic (exact) mass is 378 g/mol. The third-order valence-electron chi connectivity index (χ3n) is 3.97. The number of hydrogen-bond acceptors (Lipinski definition) is 3. The van der Waals surface area contributed by atoms with E-state index in [2.05, 4.69) is 10.6 Å². The van der Waals surface area contributed by atoms with Gasteiger partial charge in [-0.05, 0) is 61.0 Å². The largest absolute Gasteiger partial charge is 0.484 e. The first kappa shape index (κ1) is 19.1. The van der Waals surface area contributed by atoms with Crippen molar-refractivity contribution in [1.82, 2.24) is 0 Å². The van der Waals surface area contributed by atoms with Gasteiger partial charge < -0.3 is 15.4 Å². The minimum absolute atomic E-state index is 0.209. The van der Waals surface area contributed by atoms with Gasteiger partial charge in [0.05, 0.1) is 0 Å². The highest BCUT2D eigenvalue weighted by molar-refractivity contribution is 6.04. The van der Waals surface area contributed by atoms with Crippen molar-refractivity contribution in [3.05, 3.63) is 89.7 Å². The molecule has 0 atom stereocenters. The van der Waals surface area contributed by atoms with Crippen LogP contribution >= 0.6 is 0 Å². The summed E-state index contributed by atoms with van der Waals surface area (Å²) < 4.78 is 18.9. The number of anilines is 2. The number of carbonyl (C=O) groups excluding carboxylic acids is 2. The lowest BCUT2D eigenvalue weighted by molar-refractivity contribution is -0.118. The average molecular weight is 378 g/mol. The first-order chi connectivity index (χ1) is 13.5. The molecule has 0 aliphatic heterocycles. The smallest absolute Gasteiger partial charge is 0.262 e. The Labute approximate surface area is 162 Å². The fourth-order valence-corrected chi connectivity index (χ4v) is 2.44.